The number of rotatable bonds is 5. The van der Waals surface area contributed by atoms with E-state index in [9.17, 15) is 9.59 Å². The smallest absolute Gasteiger partial charge is 0.282 e. The monoisotopic (exact) mass is 410 g/mol. The molecule has 0 spiro atoms. The number of likely N-dealkylation sites (N-methyl/N-ethyl adjacent to an activating group) is 1. The summed E-state index contributed by atoms with van der Waals surface area (Å²) < 4.78 is 0. The van der Waals surface area contributed by atoms with Crippen LogP contribution in [0.15, 0.2) is 78.5 Å². The lowest BCUT2D eigenvalue weighted by atomic mass is 10.0. The Morgan fingerprint density at radius 1 is 0.774 bits per heavy atom. The van der Waals surface area contributed by atoms with E-state index < -0.39 is 0 Å². The van der Waals surface area contributed by atoms with Gasteiger partial charge in [-0.25, -0.2) is 4.90 Å². The van der Waals surface area contributed by atoms with Gasteiger partial charge in [0.05, 0.1) is 11.3 Å². The maximum Gasteiger partial charge on any atom is 0.282 e. The van der Waals surface area contributed by atoms with Gasteiger partial charge >= 0.3 is 0 Å². The number of nitrogens with zero attached hydrogens (tertiary/aromatic N) is 2. The van der Waals surface area contributed by atoms with Crippen LogP contribution in [0.25, 0.3) is 5.57 Å². The standard InChI is InChI=1S/C27H26N2O2/c1-18-10-13-22(14-11-18)24-25(28(4)17-21-8-6-5-7-9-21)27(31)29(26(24)30)23-15-12-19(2)20(3)16-23/h5-16H,17H2,1-4H3. The van der Waals surface area contributed by atoms with Crippen LogP contribution in [0.3, 0.4) is 0 Å². The molecule has 0 saturated carbocycles. The molecule has 156 valence electrons. The molecule has 1 heterocycles. The van der Waals surface area contributed by atoms with Gasteiger partial charge in [-0.3, -0.25) is 9.59 Å². The van der Waals surface area contributed by atoms with E-state index in [0.717, 1.165) is 27.8 Å². The summed E-state index contributed by atoms with van der Waals surface area (Å²) in [5, 5.41) is 0. The number of carbonyl (C=O) groups is 2. The Morgan fingerprint density at radius 2 is 1.45 bits per heavy atom. The molecule has 0 N–H and O–H groups in total. The maximum absolute atomic E-state index is 13.6. The molecule has 1 aliphatic rings. The minimum absolute atomic E-state index is 0.285. The lowest BCUT2D eigenvalue weighted by molar-refractivity contribution is -0.120. The molecule has 31 heavy (non-hydrogen) atoms. The first-order chi connectivity index (χ1) is 14.9. The number of benzene rings is 3. The third-order valence-corrected chi connectivity index (χ3v) is 5.79. The largest absolute Gasteiger partial charge is 0.365 e. The fourth-order valence-electron chi connectivity index (χ4n) is 3.89. The number of hydrogen-bond donors (Lipinski definition) is 0. The Bertz CT molecular complexity index is 1180. The SMILES string of the molecule is Cc1ccc(C2=C(N(C)Cc3ccccc3)C(=O)N(c3ccc(C)c(C)c3)C2=O)cc1. The second kappa shape index (κ2) is 8.23. The van der Waals surface area contributed by atoms with Gasteiger partial charge in [0.25, 0.3) is 11.8 Å². The van der Waals surface area contributed by atoms with Crippen molar-refractivity contribution in [2.45, 2.75) is 27.3 Å². The number of imide groups is 1. The summed E-state index contributed by atoms with van der Waals surface area (Å²) in [6.07, 6.45) is 0. The summed E-state index contributed by atoms with van der Waals surface area (Å²) in [5.41, 5.74) is 6.57. The summed E-state index contributed by atoms with van der Waals surface area (Å²) in [5.74, 6) is -0.575. The van der Waals surface area contributed by atoms with Gasteiger partial charge in [-0.15, -0.1) is 0 Å². The van der Waals surface area contributed by atoms with Gasteiger partial charge in [0, 0.05) is 13.6 Å². The highest BCUT2D eigenvalue weighted by Gasteiger charge is 2.41. The van der Waals surface area contributed by atoms with Crippen LogP contribution >= 0.6 is 0 Å². The average Bonchev–Trinajstić information content (AvgIpc) is 3.02. The molecule has 0 aliphatic carbocycles. The minimum atomic E-state index is -0.290. The molecule has 0 aromatic heterocycles. The lowest BCUT2D eigenvalue weighted by Crippen LogP contribution is -2.34. The quantitative estimate of drug-likeness (QED) is 0.554. The Kier molecular flexibility index (Phi) is 5.47. The van der Waals surface area contributed by atoms with Crippen LogP contribution in [-0.4, -0.2) is 23.8 Å². The summed E-state index contributed by atoms with van der Waals surface area (Å²) in [7, 11) is 1.87. The highest BCUT2D eigenvalue weighted by Crippen LogP contribution is 2.35. The van der Waals surface area contributed by atoms with Gasteiger partial charge in [-0.05, 0) is 55.2 Å². The van der Waals surface area contributed by atoms with Crippen LogP contribution in [0.1, 0.15) is 27.8 Å². The highest BCUT2D eigenvalue weighted by molar-refractivity contribution is 6.45. The van der Waals surface area contributed by atoms with Gasteiger partial charge < -0.3 is 4.90 Å². The molecule has 0 unspecified atom stereocenters. The Balaban J connectivity index is 1.80. The van der Waals surface area contributed by atoms with Crippen molar-refractivity contribution in [3.05, 3.63) is 106 Å². The molecule has 3 aromatic carbocycles. The number of aryl methyl sites for hydroxylation is 3. The molecular formula is C27H26N2O2. The summed E-state index contributed by atoms with van der Waals surface area (Å²) >= 11 is 0. The van der Waals surface area contributed by atoms with Crippen LogP contribution in [0.5, 0.6) is 0 Å². The number of hydrogen-bond acceptors (Lipinski definition) is 3. The predicted molar refractivity (Wildman–Crippen MR) is 124 cm³/mol. The number of anilines is 1. The zero-order valence-electron chi connectivity index (χ0n) is 18.3. The van der Waals surface area contributed by atoms with Crippen molar-refractivity contribution in [3.8, 4) is 0 Å². The molecule has 0 bridgehead atoms. The van der Waals surface area contributed by atoms with Gasteiger partial charge in [0.15, 0.2) is 0 Å². The minimum Gasteiger partial charge on any atom is -0.365 e. The van der Waals surface area contributed by atoms with Gasteiger partial charge in [0.1, 0.15) is 5.70 Å². The summed E-state index contributed by atoms with van der Waals surface area (Å²) in [6, 6.07) is 23.4. The van der Waals surface area contributed by atoms with E-state index in [0.29, 0.717) is 23.5 Å². The van der Waals surface area contributed by atoms with Crippen molar-refractivity contribution < 1.29 is 9.59 Å². The topological polar surface area (TPSA) is 40.6 Å². The molecule has 2 amide bonds. The normalized spacial score (nSPS) is 13.9. The second-order valence-corrected chi connectivity index (χ2v) is 8.15. The van der Waals surface area contributed by atoms with Crippen molar-refractivity contribution in [1.29, 1.82) is 0 Å². The van der Waals surface area contributed by atoms with Crippen LogP contribution in [0, 0.1) is 20.8 Å². The van der Waals surface area contributed by atoms with E-state index in [1.807, 2.05) is 106 Å². The molecule has 3 aromatic rings. The van der Waals surface area contributed by atoms with Crippen LogP contribution in [0.2, 0.25) is 0 Å². The van der Waals surface area contributed by atoms with Crippen molar-refractivity contribution in [3.63, 3.8) is 0 Å². The van der Waals surface area contributed by atoms with E-state index in [1.165, 1.54) is 4.90 Å². The van der Waals surface area contributed by atoms with Crippen LogP contribution in [-0.2, 0) is 16.1 Å². The van der Waals surface area contributed by atoms with Crippen molar-refractivity contribution >= 4 is 23.1 Å². The molecule has 4 rings (SSSR count). The maximum atomic E-state index is 13.6. The molecule has 4 nitrogen and oxygen atoms in total. The highest BCUT2D eigenvalue weighted by atomic mass is 16.2. The fourth-order valence-corrected chi connectivity index (χ4v) is 3.89. The van der Waals surface area contributed by atoms with Gasteiger partial charge in [-0.1, -0.05) is 66.2 Å². The number of carbonyl (C=O) groups excluding carboxylic acids is 2. The van der Waals surface area contributed by atoms with E-state index in [2.05, 4.69) is 0 Å². The molecule has 4 heteroatoms. The van der Waals surface area contributed by atoms with Crippen molar-refractivity contribution in [1.82, 2.24) is 4.90 Å². The first-order valence-electron chi connectivity index (χ1n) is 10.4. The first kappa shape index (κ1) is 20.6. The summed E-state index contributed by atoms with van der Waals surface area (Å²) in [6.45, 7) is 6.54. The third-order valence-electron chi connectivity index (χ3n) is 5.79. The van der Waals surface area contributed by atoms with E-state index in [4.69, 9.17) is 0 Å². The Hall–Kier alpha value is -3.66. The second-order valence-electron chi connectivity index (χ2n) is 8.15. The lowest BCUT2D eigenvalue weighted by Gasteiger charge is -2.22. The zero-order chi connectivity index (χ0) is 22.1. The average molecular weight is 411 g/mol. The van der Waals surface area contributed by atoms with E-state index in [1.54, 1.807) is 0 Å². The van der Waals surface area contributed by atoms with Gasteiger partial charge in [0.2, 0.25) is 0 Å². The molecule has 1 aliphatic heterocycles. The first-order valence-corrected chi connectivity index (χ1v) is 10.4. The van der Waals surface area contributed by atoms with Crippen molar-refractivity contribution in [2.75, 3.05) is 11.9 Å². The fraction of sp³-hybridized carbons (Fsp3) is 0.185. The third kappa shape index (κ3) is 3.89. The zero-order valence-corrected chi connectivity index (χ0v) is 18.3. The number of amides is 2. The predicted octanol–water partition coefficient (Wildman–Crippen LogP) is 5.03. The molecular weight excluding hydrogens is 384 g/mol. The van der Waals surface area contributed by atoms with Crippen LogP contribution in [0.4, 0.5) is 5.69 Å². The Labute approximate surface area is 183 Å². The van der Waals surface area contributed by atoms with E-state index >= 15 is 0 Å². The molecule has 0 atom stereocenters. The summed E-state index contributed by atoms with van der Waals surface area (Å²) in [4.78, 5) is 30.4. The molecule has 0 radical (unpaired) electrons. The van der Waals surface area contributed by atoms with Gasteiger partial charge in [-0.2, -0.15) is 0 Å². The van der Waals surface area contributed by atoms with E-state index in [-0.39, 0.29) is 11.8 Å². The molecule has 0 saturated heterocycles. The Morgan fingerprint density at radius 3 is 2.10 bits per heavy atom. The van der Waals surface area contributed by atoms with Crippen molar-refractivity contribution in [2.24, 2.45) is 0 Å². The van der Waals surface area contributed by atoms with Crippen LogP contribution < -0.4 is 4.90 Å². The molecule has 0 fully saturated rings.